The molecule has 0 aromatic carbocycles. The number of nitrogens with zero attached hydrogens (tertiary/aromatic N) is 5. The molecule has 3 heterocycles. The van der Waals surface area contributed by atoms with Crippen LogP contribution in [0.4, 0.5) is 35.1 Å². The first kappa shape index (κ1) is 22.3. The third kappa shape index (κ3) is 6.04. The molecule has 3 rings (SSSR count). The summed E-state index contributed by atoms with van der Waals surface area (Å²) in [5, 5.41) is 15.6. The molecule has 31 heavy (non-hydrogen) atoms. The SMILES string of the molecule is Cc1cc(Nc2nc(NCC(C)(C)O)nc(-c3cccc(C(F)(F)F)n3)n2)cnc1F. The highest BCUT2D eigenvalue weighted by Gasteiger charge is 2.32. The normalized spacial score (nSPS) is 12.0. The maximum absolute atomic E-state index is 13.4. The summed E-state index contributed by atoms with van der Waals surface area (Å²) in [6, 6.07) is 4.83. The van der Waals surface area contributed by atoms with E-state index in [1.807, 2.05) is 0 Å². The lowest BCUT2D eigenvalue weighted by Gasteiger charge is -2.18. The van der Waals surface area contributed by atoms with Crippen LogP contribution in [0.1, 0.15) is 25.1 Å². The predicted octanol–water partition coefficient (Wildman–Crippen LogP) is 3.72. The van der Waals surface area contributed by atoms with Gasteiger partial charge in [0.1, 0.15) is 11.4 Å². The van der Waals surface area contributed by atoms with E-state index in [0.717, 1.165) is 6.07 Å². The topological polar surface area (TPSA) is 109 Å². The Kier molecular flexibility index (Phi) is 6.02. The number of alkyl halides is 3. The maximum Gasteiger partial charge on any atom is 0.433 e. The number of anilines is 3. The smallest absolute Gasteiger partial charge is 0.389 e. The molecule has 0 amide bonds. The van der Waals surface area contributed by atoms with Gasteiger partial charge in [-0.15, -0.1) is 0 Å². The quantitative estimate of drug-likeness (QED) is 0.396. The number of hydrogen-bond acceptors (Lipinski definition) is 8. The number of aryl methyl sites for hydroxylation is 1. The van der Waals surface area contributed by atoms with Gasteiger partial charge in [0.25, 0.3) is 0 Å². The minimum atomic E-state index is -4.64. The number of pyridine rings is 2. The largest absolute Gasteiger partial charge is 0.433 e. The Morgan fingerprint density at radius 2 is 1.74 bits per heavy atom. The standard InChI is InChI=1S/C19H19F4N7O/c1-10-7-11(8-24-14(10)20)26-17-29-15(28-16(30-17)25-9-18(2,3)31)12-5-4-6-13(27-12)19(21,22)23/h4-8,31H,9H2,1-3H3,(H2,25,26,28,29,30). The third-order valence-electron chi connectivity index (χ3n) is 3.85. The molecule has 3 N–H and O–H groups in total. The van der Waals surface area contributed by atoms with Gasteiger partial charge >= 0.3 is 6.18 Å². The minimum absolute atomic E-state index is 0.000583. The Morgan fingerprint density at radius 3 is 2.39 bits per heavy atom. The molecular formula is C19H19F4N7O. The third-order valence-corrected chi connectivity index (χ3v) is 3.85. The number of rotatable bonds is 6. The molecule has 0 saturated heterocycles. The summed E-state index contributed by atoms with van der Waals surface area (Å²) in [6.45, 7) is 4.70. The Labute approximate surface area is 174 Å². The lowest BCUT2D eigenvalue weighted by molar-refractivity contribution is -0.141. The molecule has 12 heteroatoms. The first-order valence-electron chi connectivity index (χ1n) is 9.07. The molecule has 3 aromatic heterocycles. The van der Waals surface area contributed by atoms with Crippen molar-refractivity contribution in [1.82, 2.24) is 24.9 Å². The molecule has 3 aromatic rings. The molecule has 0 aliphatic heterocycles. The fourth-order valence-electron chi connectivity index (χ4n) is 2.39. The number of halogens is 4. The van der Waals surface area contributed by atoms with Crippen LogP contribution in [-0.2, 0) is 6.18 Å². The summed E-state index contributed by atoms with van der Waals surface area (Å²) in [4.78, 5) is 19.6. The Hall–Kier alpha value is -3.41. The number of aliphatic hydroxyl groups is 1. The van der Waals surface area contributed by atoms with Crippen molar-refractivity contribution in [2.75, 3.05) is 17.2 Å². The molecule has 8 nitrogen and oxygen atoms in total. The Morgan fingerprint density at radius 1 is 1.03 bits per heavy atom. The molecule has 0 radical (unpaired) electrons. The van der Waals surface area contributed by atoms with Gasteiger partial charge in [-0.25, -0.2) is 9.97 Å². The second-order valence-corrected chi connectivity index (χ2v) is 7.33. The second-order valence-electron chi connectivity index (χ2n) is 7.33. The zero-order chi connectivity index (χ0) is 22.8. The molecule has 0 saturated carbocycles. The van der Waals surface area contributed by atoms with Crippen molar-refractivity contribution in [3.8, 4) is 11.5 Å². The van der Waals surface area contributed by atoms with Crippen LogP contribution in [0, 0.1) is 12.9 Å². The summed E-state index contributed by atoms with van der Waals surface area (Å²) in [7, 11) is 0. The molecule has 0 aliphatic carbocycles. The van der Waals surface area contributed by atoms with E-state index in [4.69, 9.17) is 0 Å². The van der Waals surface area contributed by atoms with E-state index < -0.39 is 23.4 Å². The highest BCUT2D eigenvalue weighted by Crippen LogP contribution is 2.29. The van der Waals surface area contributed by atoms with Gasteiger partial charge in [0, 0.05) is 12.1 Å². The average molecular weight is 437 g/mol. The van der Waals surface area contributed by atoms with Gasteiger partial charge in [-0.3, -0.25) is 0 Å². The van der Waals surface area contributed by atoms with Gasteiger partial charge in [0.2, 0.25) is 17.8 Å². The van der Waals surface area contributed by atoms with Crippen LogP contribution in [0.2, 0.25) is 0 Å². The maximum atomic E-state index is 13.4. The number of nitrogens with one attached hydrogen (secondary N) is 2. The van der Waals surface area contributed by atoms with Crippen LogP contribution in [0.3, 0.4) is 0 Å². The molecule has 164 valence electrons. The predicted molar refractivity (Wildman–Crippen MR) is 105 cm³/mol. The van der Waals surface area contributed by atoms with E-state index >= 15 is 0 Å². The molecular weight excluding hydrogens is 418 g/mol. The van der Waals surface area contributed by atoms with E-state index in [2.05, 4.69) is 35.6 Å². The number of aromatic nitrogens is 5. The fourth-order valence-corrected chi connectivity index (χ4v) is 2.39. The van der Waals surface area contributed by atoms with Crippen LogP contribution in [-0.4, -0.2) is 42.2 Å². The van der Waals surface area contributed by atoms with Crippen LogP contribution >= 0.6 is 0 Å². The van der Waals surface area contributed by atoms with Crippen LogP contribution < -0.4 is 10.6 Å². The van der Waals surface area contributed by atoms with Gasteiger partial charge in [0.05, 0.1) is 17.5 Å². The first-order valence-corrected chi connectivity index (χ1v) is 9.07. The van der Waals surface area contributed by atoms with Crippen LogP contribution in [0.25, 0.3) is 11.5 Å². The lowest BCUT2D eigenvalue weighted by atomic mass is 10.1. The van der Waals surface area contributed by atoms with Crippen molar-refractivity contribution in [1.29, 1.82) is 0 Å². The van der Waals surface area contributed by atoms with Crippen molar-refractivity contribution in [2.24, 2.45) is 0 Å². The molecule has 0 unspecified atom stereocenters. The zero-order valence-corrected chi connectivity index (χ0v) is 16.8. The van der Waals surface area contributed by atoms with Gasteiger partial charge in [-0.05, 0) is 39.0 Å². The average Bonchev–Trinajstić information content (AvgIpc) is 2.68. The van der Waals surface area contributed by atoms with E-state index in [1.54, 1.807) is 13.8 Å². The van der Waals surface area contributed by atoms with E-state index in [-0.39, 0.29) is 35.5 Å². The molecule has 0 aliphatic rings. The van der Waals surface area contributed by atoms with Gasteiger partial charge in [0.15, 0.2) is 5.82 Å². The van der Waals surface area contributed by atoms with Gasteiger partial charge < -0.3 is 15.7 Å². The molecule has 0 atom stereocenters. The number of hydrogen-bond donors (Lipinski definition) is 3. The summed E-state index contributed by atoms with van der Waals surface area (Å²) in [5.74, 6) is -0.799. The van der Waals surface area contributed by atoms with Gasteiger partial charge in [-0.1, -0.05) is 6.07 Å². The molecule has 0 bridgehead atoms. The highest BCUT2D eigenvalue weighted by molar-refractivity contribution is 5.58. The monoisotopic (exact) mass is 437 g/mol. The van der Waals surface area contributed by atoms with E-state index in [0.29, 0.717) is 5.69 Å². The van der Waals surface area contributed by atoms with Crippen molar-refractivity contribution >= 4 is 17.6 Å². The summed E-state index contributed by atoms with van der Waals surface area (Å²) in [5.41, 5.74) is -1.68. The fraction of sp³-hybridized carbons (Fsp3) is 0.316. The Bertz CT molecular complexity index is 1080. The Balaban J connectivity index is 2.01. The molecule has 0 fully saturated rings. The van der Waals surface area contributed by atoms with E-state index in [1.165, 1.54) is 31.3 Å². The second kappa shape index (κ2) is 8.38. The lowest BCUT2D eigenvalue weighted by Crippen LogP contribution is -2.30. The first-order chi connectivity index (χ1) is 14.4. The van der Waals surface area contributed by atoms with Crippen molar-refractivity contribution in [3.05, 3.63) is 47.7 Å². The highest BCUT2D eigenvalue weighted by atomic mass is 19.4. The summed E-state index contributed by atoms with van der Waals surface area (Å²) < 4.78 is 52.6. The van der Waals surface area contributed by atoms with Crippen molar-refractivity contribution in [3.63, 3.8) is 0 Å². The minimum Gasteiger partial charge on any atom is -0.389 e. The van der Waals surface area contributed by atoms with Crippen molar-refractivity contribution < 1.29 is 22.7 Å². The molecule has 0 spiro atoms. The van der Waals surface area contributed by atoms with E-state index in [9.17, 15) is 22.7 Å². The summed E-state index contributed by atoms with van der Waals surface area (Å²) in [6.07, 6.45) is -3.42. The van der Waals surface area contributed by atoms with Gasteiger partial charge in [-0.2, -0.15) is 32.5 Å². The van der Waals surface area contributed by atoms with Crippen molar-refractivity contribution in [2.45, 2.75) is 32.5 Å². The van der Waals surface area contributed by atoms with Crippen LogP contribution in [0.5, 0.6) is 0 Å². The van der Waals surface area contributed by atoms with Crippen LogP contribution in [0.15, 0.2) is 30.5 Å². The zero-order valence-electron chi connectivity index (χ0n) is 16.8. The summed E-state index contributed by atoms with van der Waals surface area (Å²) >= 11 is 0.